The molecule has 0 bridgehead atoms. The first kappa shape index (κ1) is 19.9. The van der Waals surface area contributed by atoms with Crippen LogP contribution < -0.4 is 0 Å². The number of hydrogen-bond acceptors (Lipinski definition) is 4. The Kier molecular flexibility index (Phi) is 7.85. The summed E-state index contributed by atoms with van der Waals surface area (Å²) in [6, 6.07) is 0. The molecule has 2 N–H and O–H groups in total. The minimum absolute atomic E-state index is 0.0108. The smallest absolute Gasteiger partial charge is 0.303 e. The Bertz CT molecular complexity index is 522. The molecule has 140 valence electrons. The summed E-state index contributed by atoms with van der Waals surface area (Å²) in [6.07, 6.45) is 12.3. The fraction of sp³-hybridized carbons (Fsp3) is 0.700. The van der Waals surface area contributed by atoms with E-state index >= 15 is 0 Å². The van der Waals surface area contributed by atoms with E-state index in [0.29, 0.717) is 24.8 Å². The van der Waals surface area contributed by atoms with Crippen molar-refractivity contribution in [1.82, 2.24) is 0 Å². The molecular formula is C20H30O5. The summed E-state index contributed by atoms with van der Waals surface area (Å²) in [4.78, 5) is 22.7. The number of unbranched alkanes of at least 4 members (excludes halogenated alkanes) is 3. The number of aliphatic hydroxyl groups excluding tert-OH is 1. The molecule has 1 aliphatic carbocycles. The maximum absolute atomic E-state index is 12.2. The first-order valence-electron chi connectivity index (χ1n) is 9.48. The number of rotatable bonds is 11. The van der Waals surface area contributed by atoms with Gasteiger partial charge in [-0.25, -0.2) is 0 Å². The predicted molar refractivity (Wildman–Crippen MR) is 95.3 cm³/mol. The van der Waals surface area contributed by atoms with Gasteiger partial charge in [-0.2, -0.15) is 0 Å². The minimum Gasteiger partial charge on any atom is -0.481 e. The lowest BCUT2D eigenvalue weighted by atomic mass is 9.95. The van der Waals surface area contributed by atoms with Gasteiger partial charge in [-0.3, -0.25) is 9.59 Å². The van der Waals surface area contributed by atoms with Crippen LogP contribution >= 0.6 is 0 Å². The number of aliphatic hydroxyl groups is 1. The van der Waals surface area contributed by atoms with Gasteiger partial charge in [-0.05, 0) is 43.8 Å². The predicted octanol–water partition coefficient (Wildman–Crippen LogP) is 3.41. The van der Waals surface area contributed by atoms with Crippen molar-refractivity contribution in [2.24, 2.45) is 5.92 Å². The Morgan fingerprint density at radius 1 is 1.28 bits per heavy atom. The molecule has 2 rings (SSSR count). The summed E-state index contributed by atoms with van der Waals surface area (Å²) >= 11 is 0. The largest absolute Gasteiger partial charge is 0.481 e. The van der Waals surface area contributed by atoms with Crippen molar-refractivity contribution in [2.75, 3.05) is 0 Å². The Balaban J connectivity index is 1.82. The number of carboxylic acid groups (broad SMARTS) is 1. The van der Waals surface area contributed by atoms with Gasteiger partial charge in [0.2, 0.25) is 0 Å². The molecule has 5 nitrogen and oxygen atoms in total. The van der Waals surface area contributed by atoms with E-state index in [-0.39, 0.29) is 36.8 Å². The molecule has 4 atom stereocenters. The Morgan fingerprint density at radius 2 is 2.08 bits per heavy atom. The number of epoxide rings is 1. The molecule has 0 radical (unpaired) electrons. The van der Waals surface area contributed by atoms with E-state index in [9.17, 15) is 14.7 Å². The van der Waals surface area contributed by atoms with Gasteiger partial charge in [0.15, 0.2) is 5.78 Å². The average Bonchev–Trinajstić information content (AvgIpc) is 3.23. The zero-order valence-electron chi connectivity index (χ0n) is 15.0. The monoisotopic (exact) mass is 350 g/mol. The molecule has 2 aliphatic rings. The lowest BCUT2D eigenvalue weighted by molar-refractivity contribution is -0.137. The number of hydrogen-bond donors (Lipinski definition) is 2. The molecule has 1 saturated heterocycles. The van der Waals surface area contributed by atoms with Crippen LogP contribution in [-0.2, 0) is 14.3 Å². The van der Waals surface area contributed by atoms with Gasteiger partial charge >= 0.3 is 5.97 Å². The second kappa shape index (κ2) is 9.88. The zero-order valence-corrected chi connectivity index (χ0v) is 15.0. The van der Waals surface area contributed by atoms with Crippen LogP contribution in [-0.4, -0.2) is 40.3 Å². The molecule has 1 heterocycles. The first-order valence-corrected chi connectivity index (χ1v) is 9.48. The van der Waals surface area contributed by atoms with Crippen LogP contribution in [0.3, 0.4) is 0 Å². The van der Waals surface area contributed by atoms with E-state index < -0.39 is 12.1 Å². The Labute approximate surface area is 149 Å². The summed E-state index contributed by atoms with van der Waals surface area (Å²) in [5.74, 6) is -0.925. The second-order valence-corrected chi connectivity index (χ2v) is 7.05. The molecule has 0 aromatic carbocycles. The van der Waals surface area contributed by atoms with Gasteiger partial charge in [0.05, 0.1) is 12.2 Å². The van der Waals surface area contributed by atoms with Gasteiger partial charge in [-0.15, -0.1) is 0 Å². The number of allylic oxidation sites excluding steroid dienone is 2. The molecule has 0 unspecified atom stereocenters. The topological polar surface area (TPSA) is 87.1 Å². The third-order valence-electron chi connectivity index (χ3n) is 4.96. The molecule has 1 aliphatic heterocycles. The van der Waals surface area contributed by atoms with E-state index in [2.05, 4.69) is 19.1 Å². The quantitative estimate of drug-likeness (QED) is 0.258. The molecule has 1 saturated carbocycles. The molecule has 0 amide bonds. The number of aliphatic carboxylic acids is 1. The van der Waals surface area contributed by atoms with E-state index in [0.717, 1.165) is 6.42 Å². The van der Waals surface area contributed by atoms with Gasteiger partial charge in [-0.1, -0.05) is 31.9 Å². The Morgan fingerprint density at radius 3 is 2.80 bits per heavy atom. The zero-order chi connectivity index (χ0) is 18.2. The van der Waals surface area contributed by atoms with Gasteiger partial charge in [0, 0.05) is 18.8 Å². The van der Waals surface area contributed by atoms with E-state index in [1.807, 2.05) is 6.08 Å². The van der Waals surface area contributed by atoms with E-state index in [4.69, 9.17) is 9.84 Å². The van der Waals surface area contributed by atoms with Gasteiger partial charge in [0.1, 0.15) is 6.10 Å². The van der Waals surface area contributed by atoms with Crippen molar-refractivity contribution >= 4 is 11.8 Å². The summed E-state index contributed by atoms with van der Waals surface area (Å²) in [5.41, 5.74) is 0.691. The van der Waals surface area contributed by atoms with Gasteiger partial charge in [0.25, 0.3) is 0 Å². The van der Waals surface area contributed by atoms with Crippen molar-refractivity contribution in [3.05, 3.63) is 23.8 Å². The third kappa shape index (κ3) is 6.40. The fourth-order valence-electron chi connectivity index (χ4n) is 3.40. The summed E-state index contributed by atoms with van der Waals surface area (Å²) < 4.78 is 5.54. The lowest BCUT2D eigenvalue weighted by Gasteiger charge is -2.12. The highest BCUT2D eigenvalue weighted by Crippen LogP contribution is 2.36. The van der Waals surface area contributed by atoms with Crippen LogP contribution in [0.25, 0.3) is 0 Å². The SMILES string of the molecule is CCCCC/C=C\C[C@H]1/C(=C\[C@@H]2O[C@H]2CCCC(=O)O)C(=O)C[C@@H]1O. The van der Waals surface area contributed by atoms with Crippen molar-refractivity contribution < 1.29 is 24.5 Å². The van der Waals surface area contributed by atoms with Crippen molar-refractivity contribution in [3.8, 4) is 0 Å². The number of carbonyl (C=O) groups excluding carboxylic acids is 1. The van der Waals surface area contributed by atoms with Crippen LogP contribution in [0.15, 0.2) is 23.8 Å². The van der Waals surface area contributed by atoms with Crippen LogP contribution in [0.1, 0.15) is 64.7 Å². The van der Waals surface area contributed by atoms with Crippen LogP contribution in [0.4, 0.5) is 0 Å². The Hall–Kier alpha value is -1.46. The summed E-state index contributed by atoms with van der Waals surface area (Å²) in [6.45, 7) is 2.18. The number of ether oxygens (including phenoxy) is 1. The second-order valence-electron chi connectivity index (χ2n) is 7.05. The van der Waals surface area contributed by atoms with Gasteiger partial charge < -0.3 is 14.9 Å². The normalized spacial score (nSPS) is 30.5. The molecule has 5 heteroatoms. The maximum Gasteiger partial charge on any atom is 0.303 e. The standard InChI is InChI=1S/C20H30O5/c1-2-3-4-5-6-7-9-14-15(17(22)13-16(14)21)12-19-18(25-19)10-8-11-20(23)24/h6-7,12,14,16,18-19,21H,2-5,8-11,13H2,1H3,(H,23,24)/b7-6-,15-12+/t14-,16-,18-,19-/m0/s1. The summed E-state index contributed by atoms with van der Waals surface area (Å²) in [7, 11) is 0. The molecule has 0 aromatic heterocycles. The van der Waals surface area contributed by atoms with Crippen molar-refractivity contribution in [1.29, 1.82) is 0 Å². The van der Waals surface area contributed by atoms with E-state index in [1.54, 1.807) is 0 Å². The fourth-order valence-corrected chi connectivity index (χ4v) is 3.40. The highest BCUT2D eigenvalue weighted by molar-refractivity contribution is 5.99. The number of Topliss-reactive ketones (excluding diaryl/α,β-unsaturated/α-hetero) is 1. The molecule has 25 heavy (non-hydrogen) atoms. The highest BCUT2D eigenvalue weighted by atomic mass is 16.6. The minimum atomic E-state index is -0.796. The molecule has 2 fully saturated rings. The number of carboxylic acids is 1. The summed E-state index contributed by atoms with van der Waals surface area (Å²) in [5, 5.41) is 18.8. The van der Waals surface area contributed by atoms with E-state index in [1.165, 1.54) is 19.3 Å². The molecule has 0 spiro atoms. The number of carbonyl (C=O) groups is 2. The van der Waals surface area contributed by atoms with Crippen LogP contribution in [0.5, 0.6) is 0 Å². The maximum atomic E-state index is 12.2. The molecule has 0 aromatic rings. The highest BCUT2D eigenvalue weighted by Gasteiger charge is 2.41. The van der Waals surface area contributed by atoms with Crippen LogP contribution in [0.2, 0.25) is 0 Å². The average molecular weight is 350 g/mol. The third-order valence-corrected chi connectivity index (χ3v) is 4.96. The number of ketones is 1. The van der Waals surface area contributed by atoms with Crippen molar-refractivity contribution in [3.63, 3.8) is 0 Å². The van der Waals surface area contributed by atoms with Crippen molar-refractivity contribution in [2.45, 2.75) is 83.0 Å². The lowest BCUT2D eigenvalue weighted by Crippen LogP contribution is -2.14. The van der Waals surface area contributed by atoms with Crippen LogP contribution in [0, 0.1) is 5.92 Å². The molecular weight excluding hydrogens is 320 g/mol. The first-order chi connectivity index (χ1) is 12.0.